The Bertz CT molecular complexity index is 672. The number of urea groups is 1. The van der Waals surface area contributed by atoms with Crippen LogP contribution in [0.25, 0.3) is 0 Å². The van der Waals surface area contributed by atoms with Gasteiger partial charge in [-0.05, 0) is 37.0 Å². The quantitative estimate of drug-likeness (QED) is 0.818. The maximum absolute atomic E-state index is 12.9. The summed E-state index contributed by atoms with van der Waals surface area (Å²) in [4.78, 5) is 27.4. The first-order valence-corrected chi connectivity index (χ1v) is 9.02. The van der Waals surface area contributed by atoms with Crippen molar-refractivity contribution in [3.8, 4) is 0 Å². The Balaban J connectivity index is 1.79. The van der Waals surface area contributed by atoms with E-state index in [1.54, 1.807) is 9.80 Å². The van der Waals surface area contributed by atoms with Crippen LogP contribution in [0.1, 0.15) is 29.0 Å². The van der Waals surface area contributed by atoms with Gasteiger partial charge in [0.15, 0.2) is 0 Å². The zero-order chi connectivity index (χ0) is 18.7. The number of morpholine rings is 1. The number of aryl methyl sites for hydroxylation is 2. The minimum Gasteiger partial charge on any atom is -0.450 e. The Morgan fingerprint density at radius 2 is 1.85 bits per heavy atom. The summed E-state index contributed by atoms with van der Waals surface area (Å²) in [6.07, 6.45) is -1.23. The standard InChI is InChI=1S/C19H26N2O5/c1-13-3-4-15(9-14(13)2)16-10-17(26-19(23)24)12-21(11-16)18(22)20-5-7-25-8-6-20/h3-4,9,16-17H,5-8,10-12H2,1-2H3,(H,23,24). The monoisotopic (exact) mass is 362 g/mol. The predicted octanol–water partition coefficient (Wildman–Crippen LogP) is 2.61. The van der Waals surface area contributed by atoms with E-state index in [-0.39, 0.29) is 11.9 Å². The molecule has 2 atom stereocenters. The van der Waals surface area contributed by atoms with Crippen LogP contribution in [-0.4, -0.2) is 72.6 Å². The molecule has 1 aromatic carbocycles. The van der Waals surface area contributed by atoms with E-state index >= 15 is 0 Å². The molecule has 1 aromatic rings. The number of ether oxygens (including phenoxy) is 2. The van der Waals surface area contributed by atoms with Crippen molar-refractivity contribution in [1.82, 2.24) is 9.80 Å². The van der Waals surface area contributed by atoms with Gasteiger partial charge < -0.3 is 24.4 Å². The molecule has 0 bridgehead atoms. The number of hydrogen-bond acceptors (Lipinski definition) is 4. The largest absolute Gasteiger partial charge is 0.506 e. The molecule has 7 nitrogen and oxygen atoms in total. The van der Waals surface area contributed by atoms with Crippen molar-refractivity contribution in [1.29, 1.82) is 0 Å². The highest BCUT2D eigenvalue weighted by Gasteiger charge is 2.35. The maximum atomic E-state index is 12.9. The van der Waals surface area contributed by atoms with Gasteiger partial charge in [-0.2, -0.15) is 0 Å². The van der Waals surface area contributed by atoms with Crippen molar-refractivity contribution < 1.29 is 24.2 Å². The Morgan fingerprint density at radius 3 is 2.50 bits per heavy atom. The van der Waals surface area contributed by atoms with Crippen LogP contribution >= 0.6 is 0 Å². The van der Waals surface area contributed by atoms with E-state index in [9.17, 15) is 9.59 Å². The Labute approximate surface area is 153 Å². The molecule has 26 heavy (non-hydrogen) atoms. The highest BCUT2D eigenvalue weighted by atomic mass is 16.7. The molecule has 7 heteroatoms. The van der Waals surface area contributed by atoms with Gasteiger partial charge in [-0.1, -0.05) is 18.2 Å². The first-order chi connectivity index (χ1) is 12.4. The summed E-state index contributed by atoms with van der Waals surface area (Å²) in [5.74, 6) is 0.0531. The van der Waals surface area contributed by atoms with Crippen molar-refractivity contribution in [3.63, 3.8) is 0 Å². The third-order valence-corrected chi connectivity index (χ3v) is 5.23. The summed E-state index contributed by atoms with van der Waals surface area (Å²) in [6, 6.07) is 6.19. The first kappa shape index (κ1) is 18.5. The fourth-order valence-corrected chi connectivity index (χ4v) is 3.65. The zero-order valence-corrected chi connectivity index (χ0v) is 15.3. The minimum absolute atomic E-state index is 0.0531. The van der Waals surface area contributed by atoms with Gasteiger partial charge in [-0.15, -0.1) is 0 Å². The molecule has 2 aliphatic rings. The molecule has 2 amide bonds. The Hall–Kier alpha value is -2.28. The van der Waals surface area contributed by atoms with Crippen molar-refractivity contribution in [2.75, 3.05) is 39.4 Å². The van der Waals surface area contributed by atoms with Gasteiger partial charge in [0.2, 0.25) is 0 Å². The zero-order valence-electron chi connectivity index (χ0n) is 15.3. The summed E-state index contributed by atoms with van der Waals surface area (Å²) in [7, 11) is 0. The molecule has 2 heterocycles. The van der Waals surface area contributed by atoms with Crippen molar-refractivity contribution in [2.45, 2.75) is 32.3 Å². The van der Waals surface area contributed by atoms with E-state index in [4.69, 9.17) is 14.6 Å². The van der Waals surface area contributed by atoms with Crippen LogP contribution in [0.2, 0.25) is 0 Å². The van der Waals surface area contributed by atoms with Gasteiger partial charge in [-0.25, -0.2) is 9.59 Å². The molecule has 0 aliphatic carbocycles. The number of piperidine rings is 1. The van der Waals surface area contributed by atoms with Crippen molar-refractivity contribution in [2.24, 2.45) is 0 Å². The summed E-state index contributed by atoms with van der Waals surface area (Å²) in [6.45, 7) is 7.18. The average molecular weight is 362 g/mol. The molecule has 2 unspecified atom stereocenters. The average Bonchev–Trinajstić information content (AvgIpc) is 2.63. The molecule has 2 aliphatic heterocycles. The second-order valence-electron chi connectivity index (χ2n) is 7.07. The number of amides is 2. The SMILES string of the molecule is Cc1ccc(C2CC(OC(=O)O)CN(C(=O)N3CCOCC3)C2)cc1C. The van der Waals surface area contributed by atoms with Crippen molar-refractivity contribution in [3.05, 3.63) is 34.9 Å². The lowest BCUT2D eigenvalue weighted by molar-refractivity contribution is 0.00358. The van der Waals surface area contributed by atoms with Crippen LogP contribution in [0.4, 0.5) is 9.59 Å². The second-order valence-corrected chi connectivity index (χ2v) is 7.07. The fraction of sp³-hybridized carbons (Fsp3) is 0.579. The normalized spacial score (nSPS) is 23.6. The lowest BCUT2D eigenvalue weighted by atomic mass is 9.87. The summed E-state index contributed by atoms with van der Waals surface area (Å²) in [5.41, 5.74) is 3.52. The van der Waals surface area contributed by atoms with Crippen LogP contribution in [0.5, 0.6) is 0 Å². The van der Waals surface area contributed by atoms with Crippen molar-refractivity contribution >= 4 is 12.2 Å². The van der Waals surface area contributed by atoms with E-state index in [0.717, 1.165) is 5.56 Å². The topological polar surface area (TPSA) is 79.3 Å². The number of likely N-dealkylation sites (tertiary alicyclic amines) is 1. The lowest BCUT2D eigenvalue weighted by Gasteiger charge is -2.40. The van der Waals surface area contributed by atoms with E-state index in [0.29, 0.717) is 45.8 Å². The number of rotatable bonds is 2. The van der Waals surface area contributed by atoms with Gasteiger partial charge in [0.1, 0.15) is 6.10 Å². The number of benzene rings is 1. The van der Waals surface area contributed by atoms with E-state index < -0.39 is 12.3 Å². The second kappa shape index (κ2) is 7.95. The summed E-state index contributed by atoms with van der Waals surface area (Å²) >= 11 is 0. The van der Waals surface area contributed by atoms with Crippen LogP contribution in [-0.2, 0) is 9.47 Å². The third kappa shape index (κ3) is 4.27. The van der Waals surface area contributed by atoms with Gasteiger partial charge in [0, 0.05) is 25.6 Å². The molecular weight excluding hydrogens is 336 g/mol. The van der Waals surface area contributed by atoms with E-state index in [1.165, 1.54) is 11.1 Å². The molecule has 3 rings (SSSR count). The van der Waals surface area contributed by atoms with Crippen LogP contribution < -0.4 is 0 Å². The third-order valence-electron chi connectivity index (χ3n) is 5.23. The molecule has 2 fully saturated rings. The lowest BCUT2D eigenvalue weighted by Crippen LogP contribution is -2.54. The highest BCUT2D eigenvalue weighted by Crippen LogP contribution is 2.30. The molecule has 0 spiro atoms. The molecule has 1 N–H and O–H groups in total. The number of hydrogen-bond donors (Lipinski definition) is 1. The molecule has 0 saturated carbocycles. The number of carbonyl (C=O) groups is 2. The highest BCUT2D eigenvalue weighted by molar-refractivity contribution is 5.75. The first-order valence-electron chi connectivity index (χ1n) is 9.02. The summed E-state index contributed by atoms with van der Waals surface area (Å²) in [5, 5.41) is 9.02. The molecule has 142 valence electrons. The van der Waals surface area contributed by atoms with Gasteiger partial charge in [0.25, 0.3) is 0 Å². The minimum atomic E-state index is -1.30. The maximum Gasteiger partial charge on any atom is 0.506 e. The Kier molecular flexibility index (Phi) is 5.66. The number of nitrogens with zero attached hydrogens (tertiary/aromatic N) is 2. The number of carboxylic acid groups (broad SMARTS) is 1. The van der Waals surface area contributed by atoms with Gasteiger partial charge in [0.05, 0.1) is 19.8 Å². The summed E-state index contributed by atoms with van der Waals surface area (Å²) < 4.78 is 10.4. The van der Waals surface area contributed by atoms with E-state index in [1.807, 2.05) is 0 Å². The molecular formula is C19H26N2O5. The smallest absolute Gasteiger partial charge is 0.450 e. The van der Waals surface area contributed by atoms with Crippen LogP contribution in [0.15, 0.2) is 18.2 Å². The predicted molar refractivity (Wildman–Crippen MR) is 95.5 cm³/mol. The number of carbonyl (C=O) groups excluding carboxylic acids is 1. The van der Waals surface area contributed by atoms with Crippen LogP contribution in [0.3, 0.4) is 0 Å². The van der Waals surface area contributed by atoms with Gasteiger partial charge >= 0.3 is 12.2 Å². The molecule has 0 radical (unpaired) electrons. The fourth-order valence-electron chi connectivity index (χ4n) is 3.65. The molecule has 0 aromatic heterocycles. The Morgan fingerprint density at radius 1 is 1.12 bits per heavy atom. The van der Waals surface area contributed by atoms with Crippen LogP contribution in [0, 0.1) is 13.8 Å². The molecule has 2 saturated heterocycles. The van der Waals surface area contributed by atoms with Gasteiger partial charge in [-0.3, -0.25) is 0 Å². The van der Waals surface area contributed by atoms with E-state index in [2.05, 4.69) is 32.0 Å².